The highest BCUT2D eigenvalue weighted by molar-refractivity contribution is 5.83. The van der Waals surface area contributed by atoms with Gasteiger partial charge in [0.1, 0.15) is 6.04 Å². The van der Waals surface area contributed by atoms with E-state index in [1.54, 1.807) is 0 Å². The van der Waals surface area contributed by atoms with Crippen LogP contribution in [0.25, 0.3) is 0 Å². The zero-order chi connectivity index (χ0) is 15.9. The van der Waals surface area contributed by atoms with Gasteiger partial charge in [-0.15, -0.1) is 0 Å². The molecule has 0 saturated carbocycles. The highest BCUT2D eigenvalue weighted by Gasteiger charge is 2.28. The molecule has 1 amide bonds. The molecule has 0 aromatic heterocycles. The largest absolute Gasteiger partial charge is 0.350 e. The van der Waals surface area contributed by atoms with E-state index >= 15 is 0 Å². The van der Waals surface area contributed by atoms with Crippen molar-refractivity contribution in [1.29, 1.82) is 0 Å². The fraction of sp³-hybridized carbons (Fsp3) is 0.316. The summed E-state index contributed by atoms with van der Waals surface area (Å²) in [7, 11) is 0. The molecule has 3 rings (SSSR count). The standard InChI is InChI=1S/C19H23N3O/c23-19(21-15-16-7-3-1-4-8-16)18(17-9-5-2-6-10-17)22-13-11-20-12-14-22/h1-10,18,20H,11-15H2,(H,21,23)/t18-/m0/s1. The summed E-state index contributed by atoms with van der Waals surface area (Å²) in [5, 5.41) is 6.44. The lowest BCUT2D eigenvalue weighted by Crippen LogP contribution is -2.49. The predicted molar refractivity (Wildman–Crippen MR) is 91.9 cm³/mol. The molecule has 4 nitrogen and oxygen atoms in total. The van der Waals surface area contributed by atoms with Crippen LogP contribution in [0.3, 0.4) is 0 Å². The Morgan fingerprint density at radius 2 is 1.61 bits per heavy atom. The fourth-order valence-corrected chi connectivity index (χ4v) is 2.99. The Labute approximate surface area is 137 Å². The number of carbonyl (C=O) groups excluding carboxylic acids is 1. The minimum Gasteiger partial charge on any atom is -0.350 e. The number of hydrogen-bond donors (Lipinski definition) is 2. The number of rotatable bonds is 5. The molecule has 0 aliphatic carbocycles. The zero-order valence-electron chi connectivity index (χ0n) is 13.2. The van der Waals surface area contributed by atoms with E-state index in [2.05, 4.69) is 15.5 Å². The summed E-state index contributed by atoms with van der Waals surface area (Å²) in [6.07, 6.45) is 0. The minimum atomic E-state index is -0.220. The van der Waals surface area contributed by atoms with E-state index in [1.807, 2.05) is 60.7 Å². The third-order valence-corrected chi connectivity index (χ3v) is 4.19. The van der Waals surface area contributed by atoms with Crippen LogP contribution < -0.4 is 10.6 Å². The quantitative estimate of drug-likeness (QED) is 0.887. The fourth-order valence-electron chi connectivity index (χ4n) is 2.99. The van der Waals surface area contributed by atoms with Gasteiger partial charge in [-0.1, -0.05) is 60.7 Å². The Kier molecular flexibility index (Phi) is 5.40. The number of nitrogens with zero attached hydrogens (tertiary/aromatic N) is 1. The molecule has 0 spiro atoms. The van der Waals surface area contributed by atoms with Crippen LogP contribution in [-0.2, 0) is 11.3 Å². The van der Waals surface area contributed by atoms with Crippen molar-refractivity contribution in [2.45, 2.75) is 12.6 Å². The molecule has 0 unspecified atom stereocenters. The second-order valence-electron chi connectivity index (χ2n) is 5.80. The van der Waals surface area contributed by atoms with Crippen LogP contribution in [0.4, 0.5) is 0 Å². The molecule has 1 fully saturated rings. The number of piperazine rings is 1. The van der Waals surface area contributed by atoms with Gasteiger partial charge in [-0.3, -0.25) is 9.69 Å². The van der Waals surface area contributed by atoms with E-state index in [9.17, 15) is 4.79 Å². The maximum atomic E-state index is 12.8. The molecule has 4 heteroatoms. The lowest BCUT2D eigenvalue weighted by Gasteiger charge is -2.34. The molecule has 120 valence electrons. The lowest BCUT2D eigenvalue weighted by molar-refractivity contribution is -0.127. The monoisotopic (exact) mass is 309 g/mol. The Hall–Kier alpha value is -2.17. The normalized spacial score (nSPS) is 16.7. The molecule has 2 N–H and O–H groups in total. The first kappa shape index (κ1) is 15.7. The van der Waals surface area contributed by atoms with Crippen LogP contribution >= 0.6 is 0 Å². The summed E-state index contributed by atoms with van der Waals surface area (Å²) in [5.74, 6) is 0.0713. The van der Waals surface area contributed by atoms with Crippen molar-refractivity contribution in [2.24, 2.45) is 0 Å². The molecular formula is C19H23N3O. The average Bonchev–Trinajstić information content (AvgIpc) is 2.63. The highest BCUT2D eigenvalue weighted by Crippen LogP contribution is 2.21. The van der Waals surface area contributed by atoms with Gasteiger partial charge in [-0.2, -0.15) is 0 Å². The van der Waals surface area contributed by atoms with Crippen molar-refractivity contribution in [2.75, 3.05) is 26.2 Å². The first-order chi connectivity index (χ1) is 11.3. The van der Waals surface area contributed by atoms with Crippen LogP contribution in [0, 0.1) is 0 Å². The van der Waals surface area contributed by atoms with Crippen molar-refractivity contribution in [3.8, 4) is 0 Å². The zero-order valence-corrected chi connectivity index (χ0v) is 13.2. The van der Waals surface area contributed by atoms with E-state index in [0.717, 1.165) is 37.3 Å². The van der Waals surface area contributed by atoms with Crippen molar-refractivity contribution in [3.63, 3.8) is 0 Å². The number of benzene rings is 2. The van der Waals surface area contributed by atoms with Gasteiger partial charge in [-0.25, -0.2) is 0 Å². The smallest absolute Gasteiger partial charge is 0.242 e. The van der Waals surface area contributed by atoms with E-state index in [-0.39, 0.29) is 11.9 Å². The van der Waals surface area contributed by atoms with Crippen molar-refractivity contribution >= 4 is 5.91 Å². The highest BCUT2D eigenvalue weighted by atomic mass is 16.2. The van der Waals surface area contributed by atoms with Gasteiger partial charge < -0.3 is 10.6 Å². The van der Waals surface area contributed by atoms with Crippen LogP contribution in [0.15, 0.2) is 60.7 Å². The van der Waals surface area contributed by atoms with Crippen LogP contribution in [0.5, 0.6) is 0 Å². The van der Waals surface area contributed by atoms with Gasteiger partial charge in [0.05, 0.1) is 0 Å². The summed E-state index contributed by atoms with van der Waals surface area (Å²) in [6.45, 7) is 4.19. The summed E-state index contributed by atoms with van der Waals surface area (Å²) in [5.41, 5.74) is 2.17. The Morgan fingerprint density at radius 1 is 1.00 bits per heavy atom. The molecule has 2 aromatic carbocycles. The number of nitrogens with one attached hydrogen (secondary N) is 2. The van der Waals surface area contributed by atoms with Gasteiger partial charge in [-0.05, 0) is 11.1 Å². The molecule has 0 bridgehead atoms. The number of amides is 1. The molecular weight excluding hydrogens is 286 g/mol. The molecule has 1 saturated heterocycles. The molecule has 1 aliphatic rings. The van der Waals surface area contributed by atoms with Crippen LogP contribution in [0.1, 0.15) is 17.2 Å². The predicted octanol–water partition coefficient (Wildman–Crippen LogP) is 1.95. The molecule has 23 heavy (non-hydrogen) atoms. The Morgan fingerprint density at radius 3 is 2.26 bits per heavy atom. The summed E-state index contributed by atoms with van der Waals surface area (Å²) >= 11 is 0. The van der Waals surface area contributed by atoms with Crippen LogP contribution in [0.2, 0.25) is 0 Å². The average molecular weight is 309 g/mol. The third-order valence-electron chi connectivity index (χ3n) is 4.19. The summed E-state index contributed by atoms with van der Waals surface area (Å²) < 4.78 is 0. The SMILES string of the molecule is O=C(NCc1ccccc1)[C@H](c1ccccc1)N1CCNCC1. The molecule has 1 aliphatic heterocycles. The summed E-state index contributed by atoms with van der Waals surface area (Å²) in [6, 6.07) is 19.9. The van der Waals surface area contributed by atoms with Crippen molar-refractivity contribution in [1.82, 2.24) is 15.5 Å². The number of hydrogen-bond acceptors (Lipinski definition) is 3. The van der Waals surface area contributed by atoms with Gasteiger partial charge >= 0.3 is 0 Å². The van der Waals surface area contributed by atoms with Crippen molar-refractivity contribution < 1.29 is 4.79 Å². The Balaban J connectivity index is 1.73. The van der Waals surface area contributed by atoms with Crippen molar-refractivity contribution in [3.05, 3.63) is 71.8 Å². The first-order valence-corrected chi connectivity index (χ1v) is 8.16. The van der Waals surface area contributed by atoms with E-state index in [1.165, 1.54) is 0 Å². The molecule has 1 heterocycles. The first-order valence-electron chi connectivity index (χ1n) is 8.16. The van der Waals surface area contributed by atoms with E-state index < -0.39 is 0 Å². The topological polar surface area (TPSA) is 44.4 Å². The second-order valence-corrected chi connectivity index (χ2v) is 5.80. The lowest BCUT2D eigenvalue weighted by atomic mass is 10.0. The van der Waals surface area contributed by atoms with Gasteiger partial charge in [0.25, 0.3) is 0 Å². The van der Waals surface area contributed by atoms with E-state index in [0.29, 0.717) is 6.54 Å². The van der Waals surface area contributed by atoms with E-state index in [4.69, 9.17) is 0 Å². The van der Waals surface area contributed by atoms with Gasteiger partial charge in [0.2, 0.25) is 5.91 Å². The molecule has 2 aromatic rings. The molecule has 1 atom stereocenters. The molecule has 0 radical (unpaired) electrons. The number of carbonyl (C=O) groups is 1. The van der Waals surface area contributed by atoms with Gasteiger partial charge in [0, 0.05) is 32.7 Å². The Bertz CT molecular complexity index is 609. The second kappa shape index (κ2) is 7.90. The van der Waals surface area contributed by atoms with Crippen LogP contribution in [-0.4, -0.2) is 37.0 Å². The maximum absolute atomic E-state index is 12.8. The maximum Gasteiger partial charge on any atom is 0.242 e. The van der Waals surface area contributed by atoms with Gasteiger partial charge in [0.15, 0.2) is 0 Å². The summed E-state index contributed by atoms with van der Waals surface area (Å²) in [4.78, 5) is 15.1. The minimum absolute atomic E-state index is 0.0713. The third kappa shape index (κ3) is 4.18.